The van der Waals surface area contributed by atoms with Gasteiger partial charge in [-0.1, -0.05) is 0 Å². The van der Waals surface area contributed by atoms with Crippen LogP contribution >= 0.6 is 0 Å². The summed E-state index contributed by atoms with van der Waals surface area (Å²) in [5.74, 6) is 0. The van der Waals surface area contributed by atoms with Crippen LogP contribution in [-0.2, 0) is 11.1 Å². The van der Waals surface area contributed by atoms with E-state index in [0.717, 1.165) is 0 Å². The van der Waals surface area contributed by atoms with Gasteiger partial charge in [-0.25, -0.2) is 0 Å². The largest absolute Gasteiger partial charge is 1.00 e. The minimum Gasteiger partial charge on any atom is -0.766 e. The molecule has 8 heavy (non-hydrogen) atoms. The van der Waals surface area contributed by atoms with E-state index in [1.54, 1.807) is 0 Å². The molecular weight excluding hydrogens is 156 g/mol. The monoisotopic (exact) mass is 156 g/mol. The van der Waals surface area contributed by atoms with Gasteiger partial charge in [0.25, 0.3) is 0 Å². The van der Waals surface area contributed by atoms with Crippen LogP contribution in [0.1, 0.15) is 0 Å². The number of rotatable bonds is 0. The van der Waals surface area contributed by atoms with Crippen molar-refractivity contribution in [3.8, 4) is 0 Å². The van der Waals surface area contributed by atoms with Gasteiger partial charge in [-0.15, -0.1) is 0 Å². The molecule has 0 aliphatic rings. The van der Waals surface area contributed by atoms with Gasteiger partial charge in [-0.05, 0) is 0 Å². The van der Waals surface area contributed by atoms with Crippen molar-refractivity contribution in [2.45, 2.75) is 5.51 Å². The molecule has 0 radical (unpaired) electrons. The average molecular weight is 156 g/mol. The van der Waals surface area contributed by atoms with Crippen molar-refractivity contribution in [1.82, 2.24) is 0 Å². The number of alkyl halides is 3. The number of hydrogen-bond acceptors (Lipinski definition) is 2. The van der Waals surface area contributed by atoms with E-state index in [9.17, 15) is 13.2 Å². The van der Waals surface area contributed by atoms with Crippen molar-refractivity contribution in [1.29, 1.82) is 0 Å². The Balaban J connectivity index is 0. The third-order valence-corrected chi connectivity index (χ3v) is 0.567. The van der Waals surface area contributed by atoms with E-state index < -0.39 is 16.6 Å². The molecule has 1 atom stereocenters. The summed E-state index contributed by atoms with van der Waals surface area (Å²) in [6, 6.07) is 0. The molecule has 0 saturated heterocycles. The van der Waals surface area contributed by atoms with Gasteiger partial charge in [0, 0.05) is 0 Å². The van der Waals surface area contributed by atoms with Crippen molar-refractivity contribution >= 4 is 11.1 Å². The summed E-state index contributed by atoms with van der Waals surface area (Å²) in [6.07, 6.45) is 0. The Morgan fingerprint density at radius 3 is 1.50 bits per heavy atom. The average Bonchev–Trinajstić information content (AvgIpc) is 1.31. The van der Waals surface area contributed by atoms with Gasteiger partial charge >= 0.3 is 35.1 Å². The molecule has 0 rings (SSSR count). The first kappa shape index (κ1) is 11.7. The summed E-state index contributed by atoms with van der Waals surface area (Å²) in [7, 11) is 0. The van der Waals surface area contributed by atoms with Crippen LogP contribution in [0.3, 0.4) is 0 Å². The predicted octanol–water partition coefficient (Wildman–Crippen LogP) is -2.61. The zero-order chi connectivity index (χ0) is 6.08. The molecule has 0 fully saturated rings. The van der Waals surface area contributed by atoms with Crippen LogP contribution in [0.5, 0.6) is 0 Å². The third kappa shape index (κ3) is 5.04. The molecular formula is CF3NaO2S. The standard InChI is InChI=1S/CHF3O2S.Na/c2-1(3,4)7(5)6;/h(H,5,6);/q;+1/p-1. The molecule has 7 heteroatoms. The maximum Gasteiger partial charge on any atom is 1.00 e. The Labute approximate surface area is 68.0 Å². The maximum atomic E-state index is 10.6. The third-order valence-electron chi connectivity index (χ3n) is 0.189. The van der Waals surface area contributed by atoms with Crippen molar-refractivity contribution in [2.24, 2.45) is 0 Å². The summed E-state index contributed by atoms with van der Waals surface area (Å²) in [5.41, 5.74) is -5.08. The van der Waals surface area contributed by atoms with E-state index >= 15 is 0 Å². The minimum atomic E-state index is -5.08. The molecule has 1 unspecified atom stereocenters. The van der Waals surface area contributed by atoms with E-state index in [0.29, 0.717) is 0 Å². The second kappa shape index (κ2) is 3.84. The Morgan fingerprint density at radius 2 is 1.50 bits per heavy atom. The summed E-state index contributed by atoms with van der Waals surface area (Å²) >= 11 is -3.93. The van der Waals surface area contributed by atoms with E-state index in [4.69, 9.17) is 8.76 Å². The zero-order valence-electron chi connectivity index (χ0n) is 3.86. The predicted molar refractivity (Wildman–Crippen MR) is 15.0 cm³/mol. The Morgan fingerprint density at radius 1 is 1.38 bits per heavy atom. The van der Waals surface area contributed by atoms with Crippen LogP contribution in [0.4, 0.5) is 13.2 Å². The Kier molecular flexibility index (Phi) is 5.60. The molecule has 0 spiro atoms. The van der Waals surface area contributed by atoms with Crippen molar-refractivity contribution in [3.63, 3.8) is 0 Å². The van der Waals surface area contributed by atoms with Gasteiger partial charge in [0.1, 0.15) is 0 Å². The summed E-state index contributed by atoms with van der Waals surface area (Å²) in [4.78, 5) is 0. The molecule has 0 aliphatic carbocycles. The molecule has 0 aromatic carbocycles. The first-order chi connectivity index (χ1) is 2.94. The maximum absolute atomic E-state index is 10.6. The molecule has 0 aromatic heterocycles. The molecule has 0 amide bonds. The normalized spacial score (nSPS) is 14.5. The van der Waals surface area contributed by atoms with Crippen LogP contribution < -0.4 is 29.6 Å². The first-order valence-corrected chi connectivity index (χ1v) is 2.18. The number of halogens is 3. The molecule has 0 N–H and O–H groups in total. The molecule has 0 saturated carbocycles. The van der Waals surface area contributed by atoms with Gasteiger partial charge in [0.15, 0.2) is 0 Å². The van der Waals surface area contributed by atoms with Gasteiger partial charge in [0.2, 0.25) is 0 Å². The second-order valence-corrected chi connectivity index (χ2v) is 1.61. The minimum absolute atomic E-state index is 0. The Bertz CT molecular complexity index is 89.8. The van der Waals surface area contributed by atoms with E-state index in [-0.39, 0.29) is 29.6 Å². The first-order valence-electron chi connectivity index (χ1n) is 1.10. The van der Waals surface area contributed by atoms with Crippen LogP contribution in [-0.4, -0.2) is 14.3 Å². The summed E-state index contributed by atoms with van der Waals surface area (Å²) in [5, 5.41) is 0. The van der Waals surface area contributed by atoms with Gasteiger partial charge in [-0.3, -0.25) is 4.21 Å². The Hall–Kier alpha value is 0.900. The quantitative estimate of drug-likeness (QED) is 0.285. The topological polar surface area (TPSA) is 40.1 Å². The van der Waals surface area contributed by atoms with Crippen molar-refractivity contribution in [3.05, 3.63) is 0 Å². The fourth-order valence-corrected chi connectivity index (χ4v) is 0. The SMILES string of the molecule is O=S([O-])C(F)(F)F.[Na+]. The van der Waals surface area contributed by atoms with Crippen LogP contribution in [0.15, 0.2) is 0 Å². The number of hydrogen-bond donors (Lipinski definition) is 0. The van der Waals surface area contributed by atoms with E-state index in [1.165, 1.54) is 0 Å². The van der Waals surface area contributed by atoms with Gasteiger partial charge < -0.3 is 4.55 Å². The zero-order valence-corrected chi connectivity index (χ0v) is 6.68. The fraction of sp³-hybridized carbons (Fsp3) is 1.00. The summed E-state index contributed by atoms with van der Waals surface area (Å²) < 4.78 is 49.5. The van der Waals surface area contributed by atoms with Crippen LogP contribution in [0.25, 0.3) is 0 Å². The van der Waals surface area contributed by atoms with Crippen molar-refractivity contribution < 1.29 is 51.5 Å². The smallest absolute Gasteiger partial charge is 0.766 e. The van der Waals surface area contributed by atoms with Gasteiger partial charge in [0.05, 0.1) is 11.1 Å². The molecule has 2 nitrogen and oxygen atoms in total. The second-order valence-electron chi connectivity index (χ2n) is 0.680. The fourth-order valence-electron chi connectivity index (χ4n) is 0. The van der Waals surface area contributed by atoms with Crippen LogP contribution in [0, 0.1) is 0 Å². The molecule has 0 aromatic rings. The van der Waals surface area contributed by atoms with E-state index in [2.05, 4.69) is 0 Å². The molecule has 0 heterocycles. The van der Waals surface area contributed by atoms with E-state index in [1.807, 2.05) is 0 Å². The summed E-state index contributed by atoms with van der Waals surface area (Å²) in [6.45, 7) is 0. The van der Waals surface area contributed by atoms with Crippen LogP contribution in [0.2, 0.25) is 0 Å². The van der Waals surface area contributed by atoms with Crippen molar-refractivity contribution in [2.75, 3.05) is 0 Å². The molecule has 44 valence electrons. The molecule has 0 bridgehead atoms. The van der Waals surface area contributed by atoms with Gasteiger partial charge in [-0.2, -0.15) is 13.2 Å². The molecule has 0 aliphatic heterocycles.